The Balaban J connectivity index is 1.47. The molecule has 2 N–H and O–H groups in total. The summed E-state index contributed by atoms with van der Waals surface area (Å²) in [6.45, 7) is 0. The van der Waals surface area contributed by atoms with Gasteiger partial charge in [-0.1, -0.05) is 55.7 Å². The quantitative estimate of drug-likeness (QED) is 0.433. The van der Waals surface area contributed by atoms with Crippen LogP contribution in [-0.4, -0.2) is 20.9 Å². The summed E-state index contributed by atoms with van der Waals surface area (Å²) in [6.07, 6.45) is 9.21. The van der Waals surface area contributed by atoms with Crippen LogP contribution in [-0.2, 0) is 11.2 Å². The molecule has 1 fully saturated rings. The van der Waals surface area contributed by atoms with Crippen molar-refractivity contribution >= 4 is 16.8 Å². The Kier molecular flexibility index (Phi) is 6.47. The van der Waals surface area contributed by atoms with E-state index in [9.17, 15) is 9.59 Å². The molecule has 2 aromatic carbocycles. The van der Waals surface area contributed by atoms with Gasteiger partial charge in [0, 0.05) is 12.1 Å². The summed E-state index contributed by atoms with van der Waals surface area (Å²) in [5, 5.41) is 3.85. The third kappa shape index (κ3) is 4.91. The third-order valence-corrected chi connectivity index (χ3v) is 6.69. The average molecular weight is 453 g/mol. The maximum Gasteiger partial charge on any atom is 0.258 e. The van der Waals surface area contributed by atoms with Gasteiger partial charge in [-0.05, 0) is 60.2 Å². The molecule has 1 aliphatic rings. The lowest BCUT2D eigenvalue weighted by atomic mass is 9.88. The number of aromatic amines is 1. The molecular weight excluding hydrogens is 424 g/mol. The number of hydrogen-bond donors (Lipinski definition) is 2. The van der Waals surface area contributed by atoms with Crippen molar-refractivity contribution in [1.29, 1.82) is 0 Å². The Morgan fingerprint density at radius 3 is 2.59 bits per heavy atom. The minimum absolute atomic E-state index is 0.0786. The highest BCUT2D eigenvalue weighted by atomic mass is 16.2. The summed E-state index contributed by atoms with van der Waals surface area (Å²) in [4.78, 5) is 36.9. The Morgan fingerprint density at radius 1 is 0.971 bits per heavy atom. The van der Waals surface area contributed by atoms with E-state index in [2.05, 4.69) is 32.4 Å². The number of pyridine rings is 1. The smallest absolute Gasteiger partial charge is 0.258 e. The van der Waals surface area contributed by atoms with Crippen molar-refractivity contribution in [2.45, 2.75) is 44.6 Å². The van der Waals surface area contributed by atoms with Gasteiger partial charge in [0.15, 0.2) is 0 Å². The first-order valence-electron chi connectivity index (χ1n) is 12.0. The molecule has 2 heterocycles. The van der Waals surface area contributed by atoms with Crippen molar-refractivity contribution in [2.24, 2.45) is 5.92 Å². The molecule has 0 radical (unpaired) electrons. The second kappa shape index (κ2) is 10.00. The molecule has 34 heavy (non-hydrogen) atoms. The van der Waals surface area contributed by atoms with Crippen LogP contribution in [0.3, 0.4) is 0 Å². The van der Waals surface area contributed by atoms with Crippen LogP contribution in [0.1, 0.15) is 49.4 Å². The minimum Gasteiger partial charge on any atom is -0.347 e. The number of hydrogen-bond acceptors (Lipinski definition) is 4. The van der Waals surface area contributed by atoms with Crippen LogP contribution < -0.4 is 10.9 Å². The largest absolute Gasteiger partial charge is 0.347 e. The van der Waals surface area contributed by atoms with Crippen molar-refractivity contribution in [3.8, 4) is 11.1 Å². The van der Waals surface area contributed by atoms with E-state index < -0.39 is 0 Å². The topological polar surface area (TPSA) is 87.7 Å². The maximum absolute atomic E-state index is 13.1. The molecule has 6 nitrogen and oxygen atoms in total. The van der Waals surface area contributed by atoms with Gasteiger partial charge in [0.2, 0.25) is 5.91 Å². The summed E-state index contributed by atoms with van der Waals surface area (Å²) in [5.74, 6) is 0.200. The van der Waals surface area contributed by atoms with E-state index in [1.807, 2.05) is 48.5 Å². The third-order valence-electron chi connectivity index (χ3n) is 6.69. The maximum atomic E-state index is 13.1. The standard InChI is InChI=1S/C28H28N4O2/c33-27(20-9-5-2-6-10-20)32-26(15-19-7-3-1-4-8-19)25-17-22(13-14-29-25)21-11-12-24-23(16-21)28(34)31-18-30-24/h1,3-4,7-8,11-14,16-18,20,26H,2,5-6,9-10,15H2,(H,32,33)(H,30,31,34). The fourth-order valence-corrected chi connectivity index (χ4v) is 4.80. The SMILES string of the molecule is O=C(NC(Cc1ccccc1)c1cc(-c2ccc3nc[nH]c(=O)c3c2)ccn1)C1CCCCC1. The van der Waals surface area contributed by atoms with Gasteiger partial charge in [0.25, 0.3) is 5.56 Å². The fourth-order valence-electron chi connectivity index (χ4n) is 4.80. The van der Waals surface area contributed by atoms with Crippen molar-refractivity contribution in [3.63, 3.8) is 0 Å². The highest BCUT2D eigenvalue weighted by Crippen LogP contribution is 2.28. The van der Waals surface area contributed by atoms with Gasteiger partial charge in [-0.2, -0.15) is 0 Å². The molecule has 172 valence electrons. The molecule has 6 heteroatoms. The van der Waals surface area contributed by atoms with E-state index in [4.69, 9.17) is 0 Å². The number of carbonyl (C=O) groups is 1. The van der Waals surface area contributed by atoms with Crippen LogP contribution in [0.2, 0.25) is 0 Å². The molecule has 0 aliphatic heterocycles. The molecule has 1 aliphatic carbocycles. The second-order valence-electron chi connectivity index (χ2n) is 9.02. The molecule has 0 bridgehead atoms. The fraction of sp³-hybridized carbons (Fsp3) is 0.286. The number of amides is 1. The van der Waals surface area contributed by atoms with Crippen LogP contribution in [0.5, 0.6) is 0 Å². The number of fused-ring (bicyclic) bond motifs is 1. The average Bonchev–Trinajstić information content (AvgIpc) is 2.89. The molecule has 1 unspecified atom stereocenters. The Morgan fingerprint density at radius 2 is 1.76 bits per heavy atom. The number of nitrogens with zero attached hydrogens (tertiary/aromatic N) is 2. The minimum atomic E-state index is -0.234. The summed E-state index contributed by atoms with van der Waals surface area (Å²) >= 11 is 0. The summed E-state index contributed by atoms with van der Waals surface area (Å²) in [7, 11) is 0. The molecule has 1 atom stereocenters. The predicted molar refractivity (Wildman–Crippen MR) is 133 cm³/mol. The summed E-state index contributed by atoms with van der Waals surface area (Å²) in [5.41, 5.74) is 4.30. The zero-order valence-corrected chi connectivity index (χ0v) is 19.0. The van der Waals surface area contributed by atoms with Crippen molar-refractivity contribution in [1.82, 2.24) is 20.3 Å². The van der Waals surface area contributed by atoms with E-state index in [1.165, 1.54) is 12.7 Å². The number of H-pyrrole nitrogens is 1. The normalized spacial score (nSPS) is 15.2. The highest BCUT2D eigenvalue weighted by molar-refractivity contribution is 5.83. The van der Waals surface area contributed by atoms with E-state index in [-0.39, 0.29) is 23.4 Å². The van der Waals surface area contributed by atoms with Gasteiger partial charge in [0.1, 0.15) is 0 Å². The predicted octanol–water partition coefficient (Wildman–Crippen LogP) is 4.97. The van der Waals surface area contributed by atoms with E-state index in [1.54, 1.807) is 6.20 Å². The highest BCUT2D eigenvalue weighted by Gasteiger charge is 2.25. The first-order valence-corrected chi connectivity index (χ1v) is 12.0. The number of nitrogens with one attached hydrogen (secondary N) is 2. The Hall–Kier alpha value is -3.80. The van der Waals surface area contributed by atoms with Crippen molar-refractivity contribution in [3.05, 3.63) is 94.8 Å². The Bertz CT molecular complexity index is 1340. The van der Waals surface area contributed by atoms with Crippen LogP contribution in [0.25, 0.3) is 22.0 Å². The molecule has 0 spiro atoms. The number of aromatic nitrogens is 3. The van der Waals surface area contributed by atoms with Gasteiger partial charge in [-0.25, -0.2) is 4.98 Å². The molecule has 1 amide bonds. The number of rotatable bonds is 6. The first kappa shape index (κ1) is 22.0. The molecule has 2 aromatic heterocycles. The van der Waals surface area contributed by atoms with Crippen LogP contribution in [0.4, 0.5) is 0 Å². The summed E-state index contributed by atoms with van der Waals surface area (Å²) < 4.78 is 0. The van der Waals surface area contributed by atoms with Crippen LogP contribution in [0.15, 0.2) is 78.0 Å². The lowest BCUT2D eigenvalue weighted by Crippen LogP contribution is -2.36. The molecule has 5 rings (SSSR count). The Labute approximate surface area is 198 Å². The number of benzene rings is 2. The van der Waals surface area contributed by atoms with Crippen molar-refractivity contribution in [2.75, 3.05) is 0 Å². The molecular formula is C28H28N4O2. The lowest BCUT2D eigenvalue weighted by Gasteiger charge is -2.25. The van der Waals surface area contributed by atoms with Crippen molar-refractivity contribution < 1.29 is 4.79 Å². The van der Waals surface area contributed by atoms with Gasteiger partial charge >= 0.3 is 0 Å². The van der Waals surface area contributed by atoms with Crippen LogP contribution >= 0.6 is 0 Å². The monoisotopic (exact) mass is 452 g/mol. The summed E-state index contributed by atoms with van der Waals surface area (Å²) in [6, 6.07) is 19.5. The molecule has 4 aromatic rings. The van der Waals surface area contributed by atoms with E-state index in [0.29, 0.717) is 17.3 Å². The zero-order valence-electron chi connectivity index (χ0n) is 19.0. The van der Waals surface area contributed by atoms with Gasteiger partial charge in [0.05, 0.1) is 29.0 Å². The van der Waals surface area contributed by atoms with Gasteiger partial charge in [-0.15, -0.1) is 0 Å². The van der Waals surface area contributed by atoms with Gasteiger partial charge < -0.3 is 10.3 Å². The van der Waals surface area contributed by atoms with E-state index in [0.717, 1.165) is 48.1 Å². The van der Waals surface area contributed by atoms with E-state index >= 15 is 0 Å². The lowest BCUT2D eigenvalue weighted by molar-refractivity contribution is -0.126. The number of carbonyl (C=O) groups excluding carboxylic acids is 1. The van der Waals surface area contributed by atoms with Crippen LogP contribution in [0, 0.1) is 5.92 Å². The second-order valence-corrected chi connectivity index (χ2v) is 9.02. The molecule has 1 saturated carbocycles. The zero-order chi connectivity index (χ0) is 23.3. The van der Waals surface area contributed by atoms with Gasteiger partial charge in [-0.3, -0.25) is 14.6 Å². The molecule has 0 saturated heterocycles. The first-order chi connectivity index (χ1) is 16.7.